The summed E-state index contributed by atoms with van der Waals surface area (Å²) in [6, 6.07) is 5.85. The lowest BCUT2D eigenvalue weighted by Gasteiger charge is -2.14. The van der Waals surface area contributed by atoms with Gasteiger partial charge in [0.2, 0.25) is 0 Å². The first-order valence-corrected chi connectivity index (χ1v) is 8.28. The smallest absolute Gasteiger partial charge is 0.184 e. The topological polar surface area (TPSA) is 113 Å². The van der Waals surface area contributed by atoms with E-state index in [1.165, 1.54) is 0 Å². The summed E-state index contributed by atoms with van der Waals surface area (Å²) in [6.07, 6.45) is 7.02. The van der Waals surface area contributed by atoms with E-state index in [4.69, 9.17) is 16.5 Å². The Hall–Kier alpha value is -2.26. The zero-order valence-electron chi connectivity index (χ0n) is 14.8. The fraction of sp³-hybridized carbons (Fsp3) is 0.294. The number of fused-ring (bicyclic) bond motifs is 3. The summed E-state index contributed by atoms with van der Waals surface area (Å²) in [7, 11) is 0. The third-order valence-corrected chi connectivity index (χ3v) is 4.37. The average Bonchev–Trinajstić information content (AvgIpc) is 3.29. The molecule has 1 atom stereocenters. The Morgan fingerprint density at radius 3 is 2.70 bits per heavy atom. The number of rotatable bonds is 5. The molecule has 1 aromatic carbocycles. The van der Waals surface area contributed by atoms with Crippen LogP contribution < -0.4 is 11.5 Å². The van der Waals surface area contributed by atoms with E-state index in [2.05, 4.69) is 15.2 Å². The summed E-state index contributed by atoms with van der Waals surface area (Å²) >= 11 is 0. The Labute approximate surface area is 168 Å². The average molecular weight is 409 g/mol. The molecule has 144 valence electrons. The van der Waals surface area contributed by atoms with Gasteiger partial charge in [0.25, 0.3) is 0 Å². The van der Waals surface area contributed by atoms with Gasteiger partial charge in [-0.2, -0.15) is 0 Å². The Morgan fingerprint density at radius 2 is 2.00 bits per heavy atom. The highest BCUT2D eigenvalue weighted by Crippen LogP contribution is 2.25. The second kappa shape index (κ2) is 8.62. The molecule has 0 saturated carbocycles. The summed E-state index contributed by atoms with van der Waals surface area (Å²) in [5.41, 5.74) is 16.2. The van der Waals surface area contributed by atoms with Gasteiger partial charge in [0.05, 0.1) is 23.4 Å². The van der Waals surface area contributed by atoms with E-state index in [-0.39, 0.29) is 30.9 Å². The maximum absolute atomic E-state index is 6.37. The van der Waals surface area contributed by atoms with Gasteiger partial charge in [0.15, 0.2) is 5.65 Å². The molecule has 0 bridgehead atoms. The van der Waals surface area contributed by atoms with E-state index in [0.29, 0.717) is 12.2 Å². The highest BCUT2D eigenvalue weighted by Gasteiger charge is 2.18. The lowest BCUT2D eigenvalue weighted by Crippen LogP contribution is -2.16. The first-order chi connectivity index (χ1) is 12.2. The van der Waals surface area contributed by atoms with Crippen molar-refractivity contribution in [3.05, 3.63) is 48.4 Å². The van der Waals surface area contributed by atoms with E-state index in [9.17, 15) is 0 Å². The van der Waals surface area contributed by atoms with E-state index < -0.39 is 0 Å². The molecule has 0 amide bonds. The summed E-state index contributed by atoms with van der Waals surface area (Å²) in [6.45, 7) is 2.53. The second-order valence-electron chi connectivity index (χ2n) is 6.08. The normalized spacial score (nSPS) is 12.0. The SMILES string of the molecule is Cc1nnc2c(C(N)CCCN)nc3cc(-n4ccnc4)ccc3n12.Cl.Cl. The van der Waals surface area contributed by atoms with Gasteiger partial charge in [0, 0.05) is 18.1 Å². The number of aromatic nitrogens is 6. The van der Waals surface area contributed by atoms with E-state index in [0.717, 1.165) is 41.1 Å². The van der Waals surface area contributed by atoms with Crippen LogP contribution in [0.25, 0.3) is 22.4 Å². The Bertz CT molecular complexity index is 1030. The maximum Gasteiger partial charge on any atom is 0.184 e. The van der Waals surface area contributed by atoms with Gasteiger partial charge in [0.1, 0.15) is 11.5 Å². The molecular weight excluding hydrogens is 387 g/mol. The number of hydrogen-bond acceptors (Lipinski definition) is 6. The highest BCUT2D eigenvalue weighted by atomic mass is 35.5. The van der Waals surface area contributed by atoms with Gasteiger partial charge in [-0.1, -0.05) is 0 Å². The zero-order valence-corrected chi connectivity index (χ0v) is 16.5. The van der Waals surface area contributed by atoms with Crippen molar-refractivity contribution in [1.29, 1.82) is 0 Å². The van der Waals surface area contributed by atoms with Crippen LogP contribution >= 0.6 is 24.8 Å². The molecule has 0 aliphatic heterocycles. The number of halogens is 2. The summed E-state index contributed by atoms with van der Waals surface area (Å²) in [5, 5.41) is 8.51. The van der Waals surface area contributed by atoms with Crippen LogP contribution in [0, 0.1) is 6.92 Å². The minimum atomic E-state index is -0.226. The molecule has 3 heterocycles. The number of aryl methyl sites for hydroxylation is 1. The van der Waals surface area contributed by atoms with Crippen LogP contribution in [0.2, 0.25) is 0 Å². The molecule has 0 fully saturated rings. The molecular formula is C17H22Cl2N8. The monoisotopic (exact) mass is 408 g/mol. The van der Waals surface area contributed by atoms with Gasteiger partial charge in [-0.05, 0) is 44.5 Å². The van der Waals surface area contributed by atoms with Crippen LogP contribution in [0.3, 0.4) is 0 Å². The number of nitrogens with two attached hydrogens (primary N) is 2. The summed E-state index contributed by atoms with van der Waals surface area (Å²) in [4.78, 5) is 8.92. The molecule has 4 aromatic rings. The largest absolute Gasteiger partial charge is 0.330 e. The predicted molar refractivity (Wildman–Crippen MR) is 110 cm³/mol. The third kappa shape index (κ3) is 3.74. The van der Waals surface area contributed by atoms with Crippen molar-refractivity contribution in [1.82, 2.24) is 29.1 Å². The van der Waals surface area contributed by atoms with E-state index in [1.54, 1.807) is 12.5 Å². The minimum absolute atomic E-state index is 0. The minimum Gasteiger partial charge on any atom is -0.330 e. The molecule has 27 heavy (non-hydrogen) atoms. The summed E-state index contributed by atoms with van der Waals surface area (Å²) < 4.78 is 3.95. The van der Waals surface area contributed by atoms with Crippen molar-refractivity contribution >= 4 is 41.5 Å². The summed E-state index contributed by atoms with van der Waals surface area (Å²) in [5.74, 6) is 0.810. The predicted octanol–water partition coefficient (Wildman–Crippen LogP) is 2.35. The lowest BCUT2D eigenvalue weighted by molar-refractivity contribution is 0.606. The van der Waals surface area contributed by atoms with Crippen molar-refractivity contribution in [3.8, 4) is 5.69 Å². The fourth-order valence-electron chi connectivity index (χ4n) is 3.08. The van der Waals surface area contributed by atoms with Crippen LogP contribution in [0.4, 0.5) is 0 Å². The van der Waals surface area contributed by atoms with Crippen molar-refractivity contribution in [3.63, 3.8) is 0 Å². The third-order valence-electron chi connectivity index (χ3n) is 4.37. The standard InChI is InChI=1S/C17H20N8.2ClH/c1-11-22-23-17-16(13(19)3-2-6-18)21-14-9-12(24-8-7-20-10-24)4-5-15(14)25(11)17;;/h4-5,7-10,13H,2-3,6,18-19H2,1H3;2*1H. The number of hydrogen-bond donors (Lipinski definition) is 2. The number of imidazole rings is 1. The Morgan fingerprint density at radius 1 is 1.19 bits per heavy atom. The van der Waals surface area contributed by atoms with Crippen molar-refractivity contribution < 1.29 is 0 Å². The number of nitrogens with zero attached hydrogens (tertiary/aromatic N) is 6. The molecule has 3 aromatic heterocycles. The molecule has 0 saturated heterocycles. The van der Waals surface area contributed by atoms with Crippen molar-refractivity contribution in [2.75, 3.05) is 6.54 Å². The van der Waals surface area contributed by atoms with E-state index >= 15 is 0 Å². The molecule has 1 unspecified atom stereocenters. The zero-order chi connectivity index (χ0) is 17.4. The Balaban J connectivity index is 0.00000131. The first kappa shape index (κ1) is 21.0. The van der Waals surface area contributed by atoms with Crippen LogP contribution in [-0.4, -0.2) is 35.7 Å². The van der Waals surface area contributed by atoms with Gasteiger partial charge >= 0.3 is 0 Å². The molecule has 0 aliphatic carbocycles. The fourth-order valence-corrected chi connectivity index (χ4v) is 3.08. The molecule has 8 nitrogen and oxygen atoms in total. The quantitative estimate of drug-likeness (QED) is 0.523. The van der Waals surface area contributed by atoms with Gasteiger partial charge < -0.3 is 16.0 Å². The molecule has 0 radical (unpaired) electrons. The molecule has 0 aliphatic rings. The van der Waals surface area contributed by atoms with Crippen LogP contribution in [0.15, 0.2) is 36.9 Å². The van der Waals surface area contributed by atoms with Crippen molar-refractivity contribution in [2.24, 2.45) is 11.5 Å². The maximum atomic E-state index is 6.37. The Kier molecular flexibility index (Phi) is 6.72. The second-order valence-corrected chi connectivity index (χ2v) is 6.08. The van der Waals surface area contributed by atoms with Crippen LogP contribution in [0.1, 0.15) is 30.4 Å². The van der Waals surface area contributed by atoms with Crippen molar-refractivity contribution in [2.45, 2.75) is 25.8 Å². The van der Waals surface area contributed by atoms with Crippen LogP contribution in [0.5, 0.6) is 0 Å². The first-order valence-electron chi connectivity index (χ1n) is 8.28. The highest BCUT2D eigenvalue weighted by molar-refractivity contribution is 5.85. The molecule has 10 heteroatoms. The van der Waals surface area contributed by atoms with Crippen LogP contribution in [-0.2, 0) is 0 Å². The molecule has 4 N–H and O–H groups in total. The van der Waals surface area contributed by atoms with Gasteiger partial charge in [-0.25, -0.2) is 9.97 Å². The number of benzene rings is 1. The lowest BCUT2D eigenvalue weighted by atomic mass is 10.1. The molecule has 0 spiro atoms. The van der Waals surface area contributed by atoms with E-state index in [1.807, 2.05) is 40.3 Å². The molecule has 4 rings (SSSR count). The van der Waals surface area contributed by atoms with Gasteiger partial charge in [-0.15, -0.1) is 35.0 Å². The van der Waals surface area contributed by atoms with Gasteiger partial charge in [-0.3, -0.25) is 4.40 Å².